The van der Waals surface area contributed by atoms with E-state index < -0.39 is 8.80 Å². The Hall–Kier alpha value is -1.02. The van der Waals surface area contributed by atoms with Crippen molar-refractivity contribution in [1.29, 1.82) is 0 Å². The van der Waals surface area contributed by atoms with Crippen molar-refractivity contribution in [2.45, 2.75) is 31.5 Å². The topological polar surface area (TPSA) is 3.24 Å². The van der Waals surface area contributed by atoms with Crippen LogP contribution in [-0.2, 0) is 0 Å². The van der Waals surface area contributed by atoms with Gasteiger partial charge in [0.1, 0.15) is 0 Å². The van der Waals surface area contributed by atoms with E-state index in [-0.39, 0.29) is 0 Å². The van der Waals surface area contributed by atoms with Gasteiger partial charge in [-0.15, -0.1) is 0 Å². The van der Waals surface area contributed by atoms with Crippen LogP contribution in [0.25, 0.3) is 5.70 Å². The summed E-state index contributed by atoms with van der Waals surface area (Å²) in [7, 11) is -0.645. The molecule has 0 spiro atoms. The zero-order valence-corrected chi connectivity index (χ0v) is 12.0. The van der Waals surface area contributed by atoms with Crippen LogP contribution in [0, 0.1) is 0 Å². The van der Waals surface area contributed by atoms with Crippen molar-refractivity contribution in [1.82, 2.24) is 4.90 Å². The van der Waals surface area contributed by atoms with Gasteiger partial charge in [0, 0.05) is 33.1 Å². The SMILES string of the molecule is C[SiH](C)C1C=C(N2CCCC2)c2ccccc21. The predicted octanol–water partition coefficient (Wildman–Crippen LogP) is 3.25. The van der Waals surface area contributed by atoms with Crippen molar-refractivity contribution in [3.05, 3.63) is 41.5 Å². The minimum atomic E-state index is -0.645. The van der Waals surface area contributed by atoms with E-state index in [1.165, 1.54) is 37.2 Å². The van der Waals surface area contributed by atoms with Crippen LogP contribution >= 0.6 is 0 Å². The monoisotopic (exact) mass is 243 g/mol. The average molecular weight is 243 g/mol. The molecule has 90 valence electrons. The van der Waals surface area contributed by atoms with Crippen LogP contribution in [0.3, 0.4) is 0 Å². The van der Waals surface area contributed by atoms with Crippen molar-refractivity contribution < 1.29 is 0 Å². The Bertz CT molecular complexity index is 444. The molecule has 1 aromatic carbocycles. The molecule has 0 aromatic heterocycles. The number of benzene rings is 1. The zero-order valence-electron chi connectivity index (χ0n) is 10.8. The maximum atomic E-state index is 2.59. The molecule has 1 unspecified atom stereocenters. The van der Waals surface area contributed by atoms with Gasteiger partial charge >= 0.3 is 0 Å². The van der Waals surface area contributed by atoms with Gasteiger partial charge in [-0.05, 0) is 23.9 Å². The van der Waals surface area contributed by atoms with E-state index in [4.69, 9.17) is 0 Å². The highest BCUT2D eigenvalue weighted by molar-refractivity contribution is 6.58. The molecule has 3 rings (SSSR count). The summed E-state index contributed by atoms with van der Waals surface area (Å²) < 4.78 is 0. The van der Waals surface area contributed by atoms with Gasteiger partial charge in [0.2, 0.25) is 0 Å². The highest BCUT2D eigenvalue weighted by Crippen LogP contribution is 2.39. The van der Waals surface area contributed by atoms with Crippen molar-refractivity contribution in [3.63, 3.8) is 0 Å². The van der Waals surface area contributed by atoms with Gasteiger partial charge in [-0.2, -0.15) is 0 Å². The molecule has 0 radical (unpaired) electrons. The number of hydrogen-bond acceptors (Lipinski definition) is 1. The van der Waals surface area contributed by atoms with Crippen LogP contribution < -0.4 is 0 Å². The fourth-order valence-corrected chi connectivity index (χ4v) is 4.73. The lowest BCUT2D eigenvalue weighted by Crippen LogP contribution is -2.16. The zero-order chi connectivity index (χ0) is 11.8. The quantitative estimate of drug-likeness (QED) is 0.721. The van der Waals surface area contributed by atoms with Crippen LogP contribution in [0.2, 0.25) is 13.1 Å². The number of nitrogens with zero attached hydrogens (tertiary/aromatic N) is 1. The molecule has 1 heterocycles. The van der Waals surface area contributed by atoms with E-state index in [2.05, 4.69) is 48.3 Å². The number of rotatable bonds is 2. The van der Waals surface area contributed by atoms with Crippen LogP contribution in [-0.4, -0.2) is 26.8 Å². The van der Waals surface area contributed by atoms with Gasteiger partial charge in [0.05, 0.1) is 0 Å². The molecule has 1 atom stereocenters. The molecule has 1 aliphatic heterocycles. The molecule has 2 heteroatoms. The minimum Gasteiger partial charge on any atom is -0.371 e. The smallest absolute Gasteiger partial charge is 0.0437 e. The first kappa shape index (κ1) is 11.1. The Morgan fingerprint density at radius 1 is 1.12 bits per heavy atom. The maximum absolute atomic E-state index is 2.59. The van der Waals surface area contributed by atoms with Crippen LogP contribution in [0.5, 0.6) is 0 Å². The molecule has 1 fully saturated rings. The first-order valence-corrected chi connectivity index (χ1v) is 9.81. The van der Waals surface area contributed by atoms with E-state index in [9.17, 15) is 0 Å². The van der Waals surface area contributed by atoms with E-state index in [0.717, 1.165) is 5.54 Å². The lowest BCUT2D eigenvalue weighted by Gasteiger charge is -2.19. The standard InChI is InChI=1S/C15H21NSi/c1-17(2)15-11-14(16-9-5-6-10-16)12-7-3-4-8-13(12)15/h3-4,7-8,11,15,17H,5-6,9-10H2,1-2H3. The summed E-state index contributed by atoms with van der Waals surface area (Å²) in [5.74, 6) is 0. The van der Waals surface area contributed by atoms with Gasteiger partial charge in [0.25, 0.3) is 0 Å². The highest BCUT2D eigenvalue weighted by atomic mass is 28.3. The first-order valence-electron chi connectivity index (χ1n) is 6.83. The van der Waals surface area contributed by atoms with Gasteiger partial charge in [-0.1, -0.05) is 43.4 Å². The van der Waals surface area contributed by atoms with E-state index >= 15 is 0 Å². The van der Waals surface area contributed by atoms with Gasteiger partial charge in [-0.25, -0.2) is 0 Å². The van der Waals surface area contributed by atoms with Gasteiger partial charge < -0.3 is 4.90 Å². The lowest BCUT2D eigenvalue weighted by molar-refractivity contribution is 0.494. The van der Waals surface area contributed by atoms with Gasteiger partial charge in [0.15, 0.2) is 0 Å². The van der Waals surface area contributed by atoms with Crippen LogP contribution in [0.15, 0.2) is 30.3 Å². The molecule has 0 saturated carbocycles. The molecule has 0 N–H and O–H groups in total. The molecule has 2 aliphatic rings. The lowest BCUT2D eigenvalue weighted by atomic mass is 10.1. The molecule has 1 nitrogen and oxygen atoms in total. The van der Waals surface area contributed by atoms with Crippen molar-refractivity contribution >= 4 is 14.5 Å². The summed E-state index contributed by atoms with van der Waals surface area (Å²) in [5, 5.41) is 0. The molecule has 17 heavy (non-hydrogen) atoms. The highest BCUT2D eigenvalue weighted by Gasteiger charge is 2.29. The molecule has 0 bridgehead atoms. The minimum absolute atomic E-state index is 0.645. The van der Waals surface area contributed by atoms with Crippen LogP contribution in [0.4, 0.5) is 0 Å². The second kappa shape index (κ2) is 4.34. The Balaban J connectivity index is 2.01. The summed E-state index contributed by atoms with van der Waals surface area (Å²) in [5.41, 5.74) is 5.39. The fraction of sp³-hybridized carbons (Fsp3) is 0.467. The van der Waals surface area contributed by atoms with Crippen molar-refractivity contribution in [3.8, 4) is 0 Å². The Morgan fingerprint density at radius 2 is 1.82 bits per heavy atom. The summed E-state index contributed by atoms with van der Waals surface area (Å²) in [4.78, 5) is 2.59. The summed E-state index contributed by atoms with van der Waals surface area (Å²) in [6.07, 6.45) is 5.29. The molecule has 0 amide bonds. The third-order valence-corrected chi connectivity index (χ3v) is 6.09. The second-order valence-corrected chi connectivity index (χ2v) is 8.81. The van der Waals surface area contributed by atoms with Crippen molar-refractivity contribution in [2.75, 3.05) is 13.1 Å². The average Bonchev–Trinajstić information content (AvgIpc) is 2.95. The first-order chi connectivity index (χ1) is 8.27. The molecular weight excluding hydrogens is 222 g/mol. The Morgan fingerprint density at radius 3 is 2.53 bits per heavy atom. The normalized spacial score (nSPS) is 23.1. The largest absolute Gasteiger partial charge is 0.371 e. The second-order valence-electron chi connectivity index (χ2n) is 5.60. The van der Waals surface area contributed by atoms with Crippen LogP contribution in [0.1, 0.15) is 29.5 Å². The number of hydrogen-bond donors (Lipinski definition) is 0. The Kier molecular flexibility index (Phi) is 2.83. The number of fused-ring (bicyclic) bond motifs is 1. The number of allylic oxidation sites excluding steroid dienone is 1. The molecule has 1 aliphatic carbocycles. The van der Waals surface area contributed by atoms with Crippen molar-refractivity contribution in [2.24, 2.45) is 0 Å². The fourth-order valence-electron chi connectivity index (χ4n) is 3.16. The summed E-state index contributed by atoms with van der Waals surface area (Å²) in [6, 6.07) is 9.04. The third kappa shape index (κ3) is 1.84. The molecular formula is C15H21NSi. The Labute approximate surface area is 106 Å². The van der Waals surface area contributed by atoms with E-state index in [0.29, 0.717) is 0 Å². The van der Waals surface area contributed by atoms with Gasteiger partial charge in [-0.3, -0.25) is 0 Å². The van der Waals surface area contributed by atoms with E-state index in [1.807, 2.05) is 0 Å². The molecule has 1 aromatic rings. The predicted molar refractivity (Wildman–Crippen MR) is 76.8 cm³/mol. The van der Waals surface area contributed by atoms with E-state index in [1.54, 1.807) is 5.56 Å². The third-order valence-electron chi connectivity index (χ3n) is 4.10. The molecule has 1 saturated heterocycles. The summed E-state index contributed by atoms with van der Waals surface area (Å²) >= 11 is 0. The maximum Gasteiger partial charge on any atom is 0.0437 e. The summed E-state index contributed by atoms with van der Waals surface area (Å²) in [6.45, 7) is 7.44. The number of likely N-dealkylation sites (tertiary alicyclic amines) is 1.